The predicted molar refractivity (Wildman–Crippen MR) is 66.9 cm³/mol. The Kier molecular flexibility index (Phi) is 3.65. The number of benzene rings is 1. The molecule has 1 N–H and O–H groups in total. The van der Waals surface area contributed by atoms with Gasteiger partial charge in [0.1, 0.15) is 5.92 Å². The molecule has 1 aromatic rings. The molecule has 2 rings (SSSR count). The largest absolute Gasteiger partial charge is 0.465 e. The smallest absolute Gasteiger partial charge is 0.319 e. The number of carbonyl (C=O) groups excluding carboxylic acids is 2. The van der Waals surface area contributed by atoms with E-state index in [1.807, 2.05) is 37.3 Å². The van der Waals surface area contributed by atoms with Gasteiger partial charge in [-0.3, -0.25) is 9.59 Å². The normalized spacial score (nSPS) is 26.8. The van der Waals surface area contributed by atoms with Crippen LogP contribution in [0.2, 0.25) is 0 Å². The minimum Gasteiger partial charge on any atom is -0.465 e. The summed E-state index contributed by atoms with van der Waals surface area (Å²) in [6.07, 6.45) is 0. The van der Waals surface area contributed by atoms with Crippen molar-refractivity contribution in [2.24, 2.45) is 5.92 Å². The lowest BCUT2D eigenvalue weighted by Crippen LogP contribution is -2.28. The zero-order valence-corrected chi connectivity index (χ0v) is 10.6. The fourth-order valence-electron chi connectivity index (χ4n) is 2.50. The third-order valence-corrected chi connectivity index (χ3v) is 3.28. The minimum atomic E-state index is -0.734. The highest BCUT2D eigenvalue weighted by Crippen LogP contribution is 2.34. The number of hydrogen-bond acceptors (Lipinski definition) is 3. The van der Waals surface area contributed by atoms with Gasteiger partial charge >= 0.3 is 5.97 Å². The maximum Gasteiger partial charge on any atom is 0.319 e. The first kappa shape index (κ1) is 12.6. The van der Waals surface area contributed by atoms with Gasteiger partial charge in [-0.05, 0) is 19.4 Å². The number of hydrogen-bond donors (Lipinski definition) is 1. The molecule has 18 heavy (non-hydrogen) atoms. The average molecular weight is 247 g/mol. The topological polar surface area (TPSA) is 55.4 Å². The van der Waals surface area contributed by atoms with E-state index in [1.54, 1.807) is 6.92 Å². The van der Waals surface area contributed by atoms with Crippen LogP contribution in [0.3, 0.4) is 0 Å². The standard InChI is InChI=1S/C14H17NO3/c1-3-18-14(17)12-11(9(2)15-13(12)16)10-7-5-4-6-8-10/h4-9,11-12H,3H2,1-2H3,(H,15,16)/t9-,11+,12+/m0/s1. The Morgan fingerprint density at radius 3 is 2.61 bits per heavy atom. The van der Waals surface area contributed by atoms with Gasteiger partial charge in [-0.25, -0.2) is 0 Å². The fraction of sp³-hybridized carbons (Fsp3) is 0.429. The molecule has 1 aromatic carbocycles. The summed E-state index contributed by atoms with van der Waals surface area (Å²) in [5.41, 5.74) is 0.987. The summed E-state index contributed by atoms with van der Waals surface area (Å²) in [7, 11) is 0. The summed E-state index contributed by atoms with van der Waals surface area (Å²) in [5, 5.41) is 2.81. The highest BCUT2D eigenvalue weighted by atomic mass is 16.5. The molecule has 1 aliphatic heterocycles. The zero-order valence-electron chi connectivity index (χ0n) is 10.6. The van der Waals surface area contributed by atoms with Crippen molar-refractivity contribution in [3.8, 4) is 0 Å². The molecule has 1 fully saturated rings. The van der Waals surface area contributed by atoms with Crippen LogP contribution in [0.5, 0.6) is 0 Å². The van der Waals surface area contributed by atoms with Crippen molar-refractivity contribution in [3.63, 3.8) is 0 Å². The van der Waals surface area contributed by atoms with E-state index in [1.165, 1.54) is 0 Å². The van der Waals surface area contributed by atoms with Gasteiger partial charge in [-0.15, -0.1) is 0 Å². The summed E-state index contributed by atoms with van der Waals surface area (Å²) < 4.78 is 5.00. The van der Waals surface area contributed by atoms with Crippen molar-refractivity contribution in [1.82, 2.24) is 5.32 Å². The lowest BCUT2D eigenvalue weighted by atomic mass is 9.84. The van der Waals surface area contributed by atoms with E-state index in [9.17, 15) is 9.59 Å². The van der Waals surface area contributed by atoms with E-state index in [4.69, 9.17) is 4.74 Å². The van der Waals surface area contributed by atoms with Crippen molar-refractivity contribution in [2.45, 2.75) is 25.8 Å². The molecule has 4 nitrogen and oxygen atoms in total. The van der Waals surface area contributed by atoms with E-state index in [-0.39, 0.29) is 17.9 Å². The van der Waals surface area contributed by atoms with Crippen LogP contribution in [0.15, 0.2) is 30.3 Å². The molecule has 1 amide bonds. The number of amides is 1. The summed E-state index contributed by atoms with van der Waals surface area (Å²) in [6, 6.07) is 9.55. The third kappa shape index (κ3) is 2.23. The second kappa shape index (κ2) is 5.21. The van der Waals surface area contributed by atoms with Gasteiger partial charge in [0.25, 0.3) is 0 Å². The number of rotatable bonds is 3. The van der Waals surface area contributed by atoms with Crippen molar-refractivity contribution in [2.75, 3.05) is 6.61 Å². The maximum absolute atomic E-state index is 11.9. The molecule has 1 saturated heterocycles. The van der Waals surface area contributed by atoms with Crippen LogP contribution < -0.4 is 5.32 Å². The van der Waals surface area contributed by atoms with Gasteiger partial charge in [-0.2, -0.15) is 0 Å². The van der Waals surface area contributed by atoms with E-state index in [0.29, 0.717) is 6.61 Å². The summed E-state index contributed by atoms with van der Waals surface area (Å²) in [5.74, 6) is -1.57. The molecule has 0 bridgehead atoms. The van der Waals surface area contributed by atoms with Gasteiger partial charge in [0, 0.05) is 12.0 Å². The predicted octanol–water partition coefficient (Wildman–Crippen LogP) is 1.47. The van der Waals surface area contributed by atoms with Crippen LogP contribution in [-0.4, -0.2) is 24.5 Å². The molecular weight excluding hydrogens is 230 g/mol. The van der Waals surface area contributed by atoms with Gasteiger partial charge < -0.3 is 10.1 Å². The molecule has 0 aromatic heterocycles. The number of esters is 1. The Labute approximate surface area is 106 Å². The Hall–Kier alpha value is -1.84. The lowest BCUT2D eigenvalue weighted by Gasteiger charge is -2.19. The lowest BCUT2D eigenvalue weighted by molar-refractivity contribution is -0.151. The molecule has 0 aliphatic carbocycles. The van der Waals surface area contributed by atoms with Crippen LogP contribution in [-0.2, 0) is 14.3 Å². The van der Waals surface area contributed by atoms with Crippen molar-refractivity contribution >= 4 is 11.9 Å². The van der Waals surface area contributed by atoms with E-state index >= 15 is 0 Å². The molecule has 0 unspecified atom stereocenters. The van der Waals surface area contributed by atoms with Crippen molar-refractivity contribution in [3.05, 3.63) is 35.9 Å². The summed E-state index contributed by atoms with van der Waals surface area (Å²) in [4.78, 5) is 23.8. The van der Waals surface area contributed by atoms with Crippen LogP contribution in [0.4, 0.5) is 0 Å². The summed E-state index contributed by atoms with van der Waals surface area (Å²) >= 11 is 0. The van der Waals surface area contributed by atoms with Gasteiger partial charge in [-0.1, -0.05) is 30.3 Å². The van der Waals surface area contributed by atoms with Crippen molar-refractivity contribution in [1.29, 1.82) is 0 Å². The molecule has 3 atom stereocenters. The highest BCUT2D eigenvalue weighted by Gasteiger charge is 2.46. The first-order chi connectivity index (χ1) is 8.65. The maximum atomic E-state index is 11.9. The van der Waals surface area contributed by atoms with Crippen LogP contribution >= 0.6 is 0 Å². The second-order valence-electron chi connectivity index (χ2n) is 4.46. The molecule has 4 heteroatoms. The van der Waals surface area contributed by atoms with E-state index < -0.39 is 11.9 Å². The molecule has 0 saturated carbocycles. The van der Waals surface area contributed by atoms with Gasteiger partial charge in [0.2, 0.25) is 5.91 Å². The van der Waals surface area contributed by atoms with Crippen LogP contribution in [0.25, 0.3) is 0 Å². The van der Waals surface area contributed by atoms with Crippen LogP contribution in [0, 0.1) is 5.92 Å². The Morgan fingerprint density at radius 2 is 2.00 bits per heavy atom. The third-order valence-electron chi connectivity index (χ3n) is 3.28. The monoisotopic (exact) mass is 247 g/mol. The quantitative estimate of drug-likeness (QED) is 0.650. The minimum absolute atomic E-state index is 0.0608. The zero-order chi connectivity index (χ0) is 13.1. The number of nitrogens with one attached hydrogen (secondary N) is 1. The second-order valence-corrected chi connectivity index (χ2v) is 4.46. The molecular formula is C14H17NO3. The molecule has 0 radical (unpaired) electrons. The Morgan fingerprint density at radius 1 is 1.33 bits per heavy atom. The number of carbonyl (C=O) groups is 2. The Bertz CT molecular complexity index is 444. The van der Waals surface area contributed by atoms with Crippen LogP contribution in [0.1, 0.15) is 25.3 Å². The molecule has 1 aliphatic rings. The molecule has 1 heterocycles. The summed E-state index contributed by atoms with van der Waals surface area (Å²) in [6.45, 7) is 3.94. The fourth-order valence-corrected chi connectivity index (χ4v) is 2.50. The molecule has 0 spiro atoms. The molecule has 96 valence electrons. The van der Waals surface area contributed by atoms with E-state index in [2.05, 4.69) is 5.32 Å². The van der Waals surface area contributed by atoms with Gasteiger partial charge in [0.05, 0.1) is 6.61 Å². The first-order valence-corrected chi connectivity index (χ1v) is 6.17. The highest BCUT2D eigenvalue weighted by molar-refractivity contribution is 6.01. The number of ether oxygens (including phenoxy) is 1. The average Bonchev–Trinajstić information content (AvgIpc) is 2.65. The first-order valence-electron chi connectivity index (χ1n) is 6.17. The Balaban J connectivity index is 2.31. The van der Waals surface area contributed by atoms with Gasteiger partial charge in [0.15, 0.2) is 0 Å². The van der Waals surface area contributed by atoms with Crippen molar-refractivity contribution < 1.29 is 14.3 Å². The van der Waals surface area contributed by atoms with E-state index in [0.717, 1.165) is 5.56 Å². The SMILES string of the molecule is CCOC(=O)[C@H]1C(=O)N[C@@H](C)[C@@H]1c1ccccc1.